The largest absolute Gasteiger partial charge is 0.500 e. The Balaban J connectivity index is 0. The van der Waals surface area contributed by atoms with Crippen molar-refractivity contribution in [2.45, 2.75) is 58.7 Å². The Hall–Kier alpha value is 0.114. The van der Waals surface area contributed by atoms with E-state index >= 15 is 0 Å². The fourth-order valence-electron chi connectivity index (χ4n) is 2.36. The minimum absolute atomic E-state index is 0.247. The Kier molecular flexibility index (Phi) is 22.6. The molecule has 5 N–H and O–H groups in total. The van der Waals surface area contributed by atoms with E-state index in [4.69, 9.17) is 33.6 Å². The van der Waals surface area contributed by atoms with E-state index in [1.54, 1.807) is 14.2 Å². The molecule has 0 amide bonds. The maximum atomic E-state index is 5.76. The Morgan fingerprint density at radius 3 is 1.81 bits per heavy atom. The lowest BCUT2D eigenvalue weighted by Gasteiger charge is -2.28. The Morgan fingerprint density at radius 2 is 1.44 bits per heavy atom. The minimum Gasteiger partial charge on any atom is -0.400 e. The summed E-state index contributed by atoms with van der Waals surface area (Å²) in [6.07, 6.45) is 1.99. The first kappa shape index (κ1) is 29.3. The van der Waals surface area contributed by atoms with E-state index in [9.17, 15) is 0 Å². The van der Waals surface area contributed by atoms with Crippen LogP contribution in [0.25, 0.3) is 0 Å². The smallest absolute Gasteiger partial charge is 0.400 e. The monoisotopic (exact) mass is 427 g/mol. The van der Waals surface area contributed by atoms with Crippen molar-refractivity contribution < 1.29 is 22.1 Å². The van der Waals surface area contributed by atoms with Crippen molar-refractivity contribution in [3.8, 4) is 0 Å². The second kappa shape index (κ2) is 20.8. The van der Waals surface area contributed by atoms with Crippen molar-refractivity contribution in [2.24, 2.45) is 11.5 Å². The topological polar surface area (TPSA) is 110 Å². The zero-order chi connectivity index (χ0) is 21.0. The first-order valence-corrected chi connectivity index (χ1v) is 13.8. The van der Waals surface area contributed by atoms with Gasteiger partial charge < -0.3 is 38.9 Å². The van der Waals surface area contributed by atoms with Crippen molar-refractivity contribution in [3.05, 3.63) is 0 Å². The first-order chi connectivity index (χ1) is 13.0. The summed E-state index contributed by atoms with van der Waals surface area (Å²) in [7, 11) is -0.453. The molecule has 0 saturated carbocycles. The molecule has 10 heteroatoms. The maximum absolute atomic E-state index is 5.76. The summed E-state index contributed by atoms with van der Waals surface area (Å²) in [5, 5.41) is 3.26. The van der Waals surface area contributed by atoms with Crippen LogP contribution in [0.4, 0.5) is 0 Å². The molecule has 166 valence electrons. The van der Waals surface area contributed by atoms with Gasteiger partial charge in [-0.15, -0.1) is 0 Å². The second-order valence-electron chi connectivity index (χ2n) is 5.93. The van der Waals surface area contributed by atoms with Crippen molar-refractivity contribution in [1.29, 1.82) is 0 Å². The van der Waals surface area contributed by atoms with E-state index in [0.29, 0.717) is 26.4 Å². The number of rotatable bonds is 17. The number of hydrogen-bond acceptors (Lipinski definition) is 8. The SMILES string of the molecule is CCC(N)C[SiH](OC)OC.CCO[Si](CCCNCCN)(OCC)OCC. The Morgan fingerprint density at radius 1 is 0.926 bits per heavy atom. The molecule has 0 spiro atoms. The van der Waals surface area contributed by atoms with Crippen LogP contribution in [0.1, 0.15) is 40.5 Å². The summed E-state index contributed by atoms with van der Waals surface area (Å²) in [6, 6.07) is 2.01. The highest BCUT2D eigenvalue weighted by Crippen LogP contribution is 2.17. The molecule has 0 aromatic rings. The molecule has 27 heavy (non-hydrogen) atoms. The summed E-state index contributed by atoms with van der Waals surface area (Å²) in [5.41, 5.74) is 11.1. The molecule has 1 atom stereocenters. The van der Waals surface area contributed by atoms with E-state index in [2.05, 4.69) is 12.2 Å². The highest BCUT2D eigenvalue weighted by molar-refractivity contribution is 6.60. The van der Waals surface area contributed by atoms with E-state index in [1.165, 1.54) is 0 Å². The molecule has 0 aliphatic heterocycles. The van der Waals surface area contributed by atoms with Gasteiger partial charge in [-0.3, -0.25) is 0 Å². The van der Waals surface area contributed by atoms with Gasteiger partial charge in [-0.1, -0.05) is 6.92 Å². The van der Waals surface area contributed by atoms with Crippen LogP contribution < -0.4 is 16.8 Å². The van der Waals surface area contributed by atoms with Crippen molar-refractivity contribution in [2.75, 3.05) is 53.7 Å². The van der Waals surface area contributed by atoms with Crippen LogP contribution in [0.15, 0.2) is 0 Å². The van der Waals surface area contributed by atoms with Crippen LogP contribution in [-0.4, -0.2) is 77.8 Å². The molecule has 0 heterocycles. The van der Waals surface area contributed by atoms with Crippen LogP contribution in [0, 0.1) is 0 Å². The summed E-state index contributed by atoms with van der Waals surface area (Å²) < 4.78 is 27.5. The van der Waals surface area contributed by atoms with E-state index in [0.717, 1.165) is 38.0 Å². The molecule has 0 bridgehead atoms. The van der Waals surface area contributed by atoms with Crippen LogP contribution >= 0.6 is 0 Å². The molecule has 1 unspecified atom stereocenters. The van der Waals surface area contributed by atoms with Gasteiger partial charge in [-0.2, -0.15) is 0 Å². The highest BCUT2D eigenvalue weighted by Gasteiger charge is 2.39. The lowest BCUT2D eigenvalue weighted by atomic mass is 10.3. The van der Waals surface area contributed by atoms with Gasteiger partial charge in [-0.05, 0) is 40.2 Å². The zero-order valence-corrected chi connectivity index (χ0v) is 20.6. The molecular weight excluding hydrogens is 382 g/mol. The van der Waals surface area contributed by atoms with Gasteiger partial charge in [-0.25, -0.2) is 0 Å². The van der Waals surface area contributed by atoms with Crippen LogP contribution in [0.3, 0.4) is 0 Å². The molecule has 0 saturated heterocycles. The average Bonchev–Trinajstić information content (AvgIpc) is 2.67. The third kappa shape index (κ3) is 16.7. The molecule has 0 aliphatic rings. The minimum atomic E-state index is -2.43. The van der Waals surface area contributed by atoms with Crippen LogP contribution in [0.5, 0.6) is 0 Å². The molecule has 0 fully saturated rings. The third-order valence-corrected chi connectivity index (χ3v) is 8.99. The Bertz CT molecular complexity index is 287. The number of nitrogens with one attached hydrogen (secondary N) is 1. The maximum Gasteiger partial charge on any atom is 0.500 e. The standard InChI is InChI=1S/C11H28N2O3Si.C6H17NO2Si/c1-4-14-17(15-5-2,16-6-3)11-7-9-13-10-8-12;1-4-6(7)5-10(8-2)9-3/h13H,4-12H2,1-3H3;6,10H,4-5,7H2,1-3H3. The van der Waals surface area contributed by atoms with Gasteiger partial charge in [0.2, 0.25) is 0 Å². The predicted molar refractivity (Wildman–Crippen MR) is 116 cm³/mol. The van der Waals surface area contributed by atoms with Crippen LogP contribution in [-0.2, 0) is 22.1 Å². The average molecular weight is 428 g/mol. The molecule has 0 radical (unpaired) electrons. The van der Waals surface area contributed by atoms with Crippen molar-refractivity contribution in [3.63, 3.8) is 0 Å². The molecule has 0 aromatic heterocycles. The number of hydrogen-bond donors (Lipinski definition) is 3. The van der Waals surface area contributed by atoms with Gasteiger partial charge >= 0.3 is 18.1 Å². The lowest BCUT2D eigenvalue weighted by Crippen LogP contribution is -2.46. The Labute approximate surface area is 169 Å². The lowest BCUT2D eigenvalue weighted by molar-refractivity contribution is 0.0708. The zero-order valence-electron chi connectivity index (χ0n) is 18.4. The highest BCUT2D eigenvalue weighted by atomic mass is 28.4. The fraction of sp³-hybridized carbons (Fsp3) is 1.00. The predicted octanol–water partition coefficient (Wildman–Crippen LogP) is 1.21. The first-order valence-electron chi connectivity index (χ1n) is 10.1. The summed E-state index contributed by atoms with van der Waals surface area (Å²) >= 11 is 0. The van der Waals surface area contributed by atoms with E-state index in [-0.39, 0.29) is 6.04 Å². The summed E-state index contributed by atoms with van der Waals surface area (Å²) in [6.45, 7) is 12.4. The van der Waals surface area contributed by atoms with Gasteiger partial charge in [0, 0.05) is 65.3 Å². The molecule has 0 aromatic carbocycles. The van der Waals surface area contributed by atoms with Crippen LogP contribution in [0.2, 0.25) is 12.1 Å². The fourth-order valence-corrected chi connectivity index (χ4v) is 6.38. The van der Waals surface area contributed by atoms with Crippen molar-refractivity contribution >= 4 is 18.1 Å². The van der Waals surface area contributed by atoms with Gasteiger partial charge in [0.1, 0.15) is 0 Å². The van der Waals surface area contributed by atoms with Gasteiger partial charge in [0.25, 0.3) is 0 Å². The van der Waals surface area contributed by atoms with E-state index in [1.807, 2.05) is 20.8 Å². The molecule has 0 aliphatic carbocycles. The van der Waals surface area contributed by atoms with Gasteiger partial charge in [0.15, 0.2) is 0 Å². The molecule has 8 nitrogen and oxygen atoms in total. The summed E-state index contributed by atoms with van der Waals surface area (Å²) in [5.74, 6) is 0. The second-order valence-corrected chi connectivity index (χ2v) is 10.9. The molecular formula is C17H45N3O5Si2. The molecule has 0 rings (SSSR count). The summed E-state index contributed by atoms with van der Waals surface area (Å²) in [4.78, 5) is 0. The van der Waals surface area contributed by atoms with Crippen molar-refractivity contribution in [1.82, 2.24) is 5.32 Å². The normalized spacial score (nSPS) is 12.8. The number of nitrogens with two attached hydrogens (primary N) is 2. The van der Waals surface area contributed by atoms with E-state index < -0.39 is 18.1 Å². The van der Waals surface area contributed by atoms with Gasteiger partial charge in [0.05, 0.1) is 0 Å². The third-order valence-electron chi connectivity index (χ3n) is 3.80. The quantitative estimate of drug-likeness (QED) is 0.235.